The van der Waals surface area contributed by atoms with E-state index in [9.17, 15) is 0 Å². The Morgan fingerprint density at radius 1 is 1.73 bits per heavy atom. The zero-order valence-corrected chi connectivity index (χ0v) is 7.42. The van der Waals surface area contributed by atoms with Crippen molar-refractivity contribution >= 4 is 15.9 Å². The molecule has 0 aliphatic rings. The van der Waals surface area contributed by atoms with Gasteiger partial charge in [0.05, 0.1) is 0 Å². The summed E-state index contributed by atoms with van der Waals surface area (Å²) < 4.78 is 5.42. The molecule has 1 aromatic rings. The van der Waals surface area contributed by atoms with E-state index in [1.807, 2.05) is 6.92 Å². The lowest BCUT2D eigenvalue weighted by Gasteiger charge is -1.97. The van der Waals surface area contributed by atoms with Crippen LogP contribution in [0.15, 0.2) is 16.7 Å². The van der Waals surface area contributed by atoms with Gasteiger partial charge in [-0.3, -0.25) is 0 Å². The van der Waals surface area contributed by atoms with Crippen molar-refractivity contribution in [1.29, 1.82) is 5.26 Å². The third-order valence-electron chi connectivity index (χ3n) is 1.17. The predicted molar refractivity (Wildman–Crippen MR) is 42.9 cm³/mol. The molecule has 56 valence electrons. The van der Waals surface area contributed by atoms with Crippen LogP contribution >= 0.6 is 15.9 Å². The Morgan fingerprint density at radius 3 is 3.00 bits per heavy atom. The van der Waals surface area contributed by atoms with E-state index in [0.717, 1.165) is 10.0 Å². The van der Waals surface area contributed by atoms with Gasteiger partial charge in [0.25, 0.3) is 6.26 Å². The van der Waals surface area contributed by atoms with Crippen LogP contribution in [0, 0.1) is 18.4 Å². The van der Waals surface area contributed by atoms with Crippen LogP contribution in [0.1, 0.15) is 5.56 Å². The van der Waals surface area contributed by atoms with Gasteiger partial charge in [-0.05, 0) is 28.4 Å². The molecule has 0 spiro atoms. The molecule has 0 radical (unpaired) electrons. The monoisotopic (exact) mass is 212 g/mol. The lowest BCUT2D eigenvalue weighted by molar-refractivity contribution is 0.485. The molecule has 0 bridgehead atoms. The average molecular weight is 213 g/mol. The van der Waals surface area contributed by atoms with Crippen molar-refractivity contribution in [2.75, 3.05) is 0 Å². The number of ether oxygens (including phenoxy) is 1. The predicted octanol–water partition coefficient (Wildman–Crippen LogP) is 2.01. The first-order chi connectivity index (χ1) is 5.24. The average Bonchev–Trinajstić information content (AvgIpc) is 1.98. The maximum atomic E-state index is 8.16. The van der Waals surface area contributed by atoms with Crippen molar-refractivity contribution in [2.45, 2.75) is 6.92 Å². The molecule has 0 saturated heterocycles. The molecular weight excluding hydrogens is 208 g/mol. The Hall–Kier alpha value is -1.08. The summed E-state index contributed by atoms with van der Waals surface area (Å²) in [4.78, 5) is 3.84. The SMILES string of the molecule is Cc1cc(OC#N)ncc1Br. The Labute approximate surface area is 72.8 Å². The Kier molecular flexibility index (Phi) is 2.44. The molecule has 0 aliphatic carbocycles. The fraction of sp³-hybridized carbons (Fsp3) is 0.143. The van der Waals surface area contributed by atoms with Gasteiger partial charge in [-0.15, -0.1) is 5.26 Å². The van der Waals surface area contributed by atoms with Crippen molar-refractivity contribution in [3.63, 3.8) is 0 Å². The molecule has 0 amide bonds. The summed E-state index contributed by atoms with van der Waals surface area (Å²) in [7, 11) is 0. The van der Waals surface area contributed by atoms with Crippen LogP contribution in [0.2, 0.25) is 0 Å². The van der Waals surface area contributed by atoms with Gasteiger partial charge in [-0.1, -0.05) is 0 Å². The Morgan fingerprint density at radius 2 is 2.45 bits per heavy atom. The van der Waals surface area contributed by atoms with Gasteiger partial charge in [0.2, 0.25) is 5.88 Å². The highest BCUT2D eigenvalue weighted by Crippen LogP contribution is 2.17. The number of nitrogens with zero attached hydrogens (tertiary/aromatic N) is 2. The summed E-state index contributed by atoms with van der Waals surface area (Å²) in [5.74, 6) is 0.327. The molecule has 1 aromatic heterocycles. The first kappa shape index (κ1) is 8.02. The quantitative estimate of drug-likeness (QED) is 0.670. The molecule has 0 saturated carbocycles. The second-order valence-corrected chi connectivity index (χ2v) is 2.82. The van der Waals surface area contributed by atoms with Crippen molar-refractivity contribution in [3.8, 4) is 12.1 Å². The van der Waals surface area contributed by atoms with Crippen LogP contribution in [0.5, 0.6) is 5.88 Å². The minimum Gasteiger partial charge on any atom is -0.367 e. The van der Waals surface area contributed by atoms with Crippen molar-refractivity contribution in [3.05, 3.63) is 22.3 Å². The third kappa shape index (κ3) is 1.92. The van der Waals surface area contributed by atoms with Gasteiger partial charge < -0.3 is 4.74 Å². The summed E-state index contributed by atoms with van der Waals surface area (Å²) in [5, 5.41) is 8.16. The summed E-state index contributed by atoms with van der Waals surface area (Å²) >= 11 is 3.28. The van der Waals surface area contributed by atoms with E-state index in [1.165, 1.54) is 0 Å². The first-order valence-electron chi connectivity index (χ1n) is 2.92. The number of halogens is 1. The van der Waals surface area contributed by atoms with Gasteiger partial charge in [-0.25, -0.2) is 4.98 Å². The van der Waals surface area contributed by atoms with Crippen LogP contribution in [-0.2, 0) is 0 Å². The molecule has 3 nitrogen and oxygen atoms in total. The molecule has 0 aliphatic heterocycles. The molecule has 11 heavy (non-hydrogen) atoms. The first-order valence-corrected chi connectivity index (χ1v) is 3.71. The minimum absolute atomic E-state index is 0.327. The van der Waals surface area contributed by atoms with E-state index in [1.54, 1.807) is 18.5 Å². The van der Waals surface area contributed by atoms with Crippen molar-refractivity contribution in [2.24, 2.45) is 0 Å². The van der Waals surface area contributed by atoms with E-state index in [-0.39, 0.29) is 0 Å². The standard InChI is InChI=1S/C7H5BrN2O/c1-5-2-7(11-4-9)10-3-6(5)8/h2-3H,1H3. The van der Waals surface area contributed by atoms with Gasteiger partial charge in [0.1, 0.15) is 0 Å². The number of hydrogen-bond acceptors (Lipinski definition) is 3. The van der Waals surface area contributed by atoms with Crippen LogP contribution in [-0.4, -0.2) is 4.98 Å². The number of aromatic nitrogens is 1. The number of pyridine rings is 1. The molecule has 0 unspecified atom stereocenters. The van der Waals surface area contributed by atoms with Crippen LogP contribution in [0.25, 0.3) is 0 Å². The highest BCUT2D eigenvalue weighted by Gasteiger charge is 1.98. The second-order valence-electron chi connectivity index (χ2n) is 1.97. The topological polar surface area (TPSA) is 45.9 Å². The van der Waals surface area contributed by atoms with E-state index >= 15 is 0 Å². The molecule has 0 fully saturated rings. The van der Waals surface area contributed by atoms with Gasteiger partial charge >= 0.3 is 0 Å². The molecular formula is C7H5BrN2O. The Bertz CT molecular complexity index is 306. The zero-order valence-electron chi connectivity index (χ0n) is 5.84. The largest absolute Gasteiger partial charge is 0.367 e. The maximum absolute atomic E-state index is 8.16. The molecule has 1 heterocycles. The van der Waals surface area contributed by atoms with E-state index in [2.05, 4.69) is 25.7 Å². The molecule has 1 rings (SSSR count). The maximum Gasteiger partial charge on any atom is 0.293 e. The number of hydrogen-bond donors (Lipinski definition) is 0. The number of aryl methyl sites for hydroxylation is 1. The van der Waals surface area contributed by atoms with E-state index in [0.29, 0.717) is 5.88 Å². The zero-order chi connectivity index (χ0) is 8.27. The number of nitriles is 1. The molecule has 4 heteroatoms. The molecule has 0 aromatic carbocycles. The highest BCUT2D eigenvalue weighted by molar-refractivity contribution is 9.10. The smallest absolute Gasteiger partial charge is 0.293 e. The van der Waals surface area contributed by atoms with Gasteiger partial charge in [0.15, 0.2) is 0 Å². The van der Waals surface area contributed by atoms with E-state index in [4.69, 9.17) is 5.26 Å². The van der Waals surface area contributed by atoms with Crippen LogP contribution < -0.4 is 4.74 Å². The van der Waals surface area contributed by atoms with Crippen LogP contribution in [0.3, 0.4) is 0 Å². The Balaban J connectivity index is 2.98. The highest BCUT2D eigenvalue weighted by atomic mass is 79.9. The summed E-state index contributed by atoms with van der Waals surface area (Å²) in [6, 6.07) is 1.69. The summed E-state index contributed by atoms with van der Waals surface area (Å²) in [6.45, 7) is 1.90. The second kappa shape index (κ2) is 3.35. The van der Waals surface area contributed by atoms with Gasteiger partial charge in [0, 0.05) is 16.7 Å². The lowest BCUT2D eigenvalue weighted by atomic mass is 10.3. The van der Waals surface area contributed by atoms with Crippen LogP contribution in [0.4, 0.5) is 0 Å². The minimum atomic E-state index is 0.327. The van der Waals surface area contributed by atoms with E-state index < -0.39 is 0 Å². The van der Waals surface area contributed by atoms with Crippen molar-refractivity contribution < 1.29 is 4.74 Å². The fourth-order valence-corrected chi connectivity index (χ4v) is 0.833. The van der Waals surface area contributed by atoms with Gasteiger partial charge in [-0.2, -0.15) is 0 Å². The lowest BCUT2D eigenvalue weighted by Crippen LogP contribution is -1.87. The fourth-order valence-electron chi connectivity index (χ4n) is 0.616. The normalized spacial score (nSPS) is 8.82. The molecule has 0 atom stereocenters. The number of rotatable bonds is 1. The summed E-state index contributed by atoms with van der Waals surface area (Å²) in [5.41, 5.74) is 0.991. The van der Waals surface area contributed by atoms with Crippen molar-refractivity contribution in [1.82, 2.24) is 4.98 Å². The summed E-state index contributed by atoms with van der Waals surface area (Å²) in [6.07, 6.45) is 3.15. The molecule has 0 N–H and O–H groups in total. The third-order valence-corrected chi connectivity index (χ3v) is 2.00.